The predicted octanol–water partition coefficient (Wildman–Crippen LogP) is 23.6. The molecule has 98 heavy (non-hydrogen) atoms. The third-order valence-corrected chi connectivity index (χ3v) is 20.4. The highest BCUT2D eigenvalue weighted by Crippen LogP contribution is 2.45. The molecule has 3 N–H and O–H groups in total. The van der Waals surface area contributed by atoms with E-state index in [2.05, 4.69) is 34.6 Å². The van der Waals surface area contributed by atoms with Gasteiger partial charge in [0.25, 0.3) is 0 Å². The van der Waals surface area contributed by atoms with Gasteiger partial charge in [-0.2, -0.15) is 0 Å². The molecule has 0 bridgehead atoms. The molecule has 5 atom stereocenters. The number of phosphoric ester groups is 2. The molecule has 0 fully saturated rings. The van der Waals surface area contributed by atoms with Crippen molar-refractivity contribution in [3.63, 3.8) is 0 Å². The second-order valence-corrected chi connectivity index (χ2v) is 31.8. The molecule has 0 aromatic rings. The summed E-state index contributed by atoms with van der Waals surface area (Å²) in [6, 6.07) is 0. The van der Waals surface area contributed by atoms with E-state index in [9.17, 15) is 43.2 Å². The second-order valence-electron chi connectivity index (χ2n) is 28.9. The smallest absolute Gasteiger partial charge is 0.462 e. The molecule has 19 heteroatoms. The minimum atomic E-state index is -4.96. The Morgan fingerprint density at radius 3 is 0.694 bits per heavy atom. The number of esters is 4. The summed E-state index contributed by atoms with van der Waals surface area (Å²) in [5, 5.41) is 10.6. The lowest BCUT2D eigenvalue weighted by atomic mass is 10.0. The van der Waals surface area contributed by atoms with E-state index in [1.807, 2.05) is 0 Å². The zero-order valence-electron chi connectivity index (χ0n) is 63.9. The van der Waals surface area contributed by atoms with Crippen molar-refractivity contribution in [2.24, 2.45) is 5.92 Å². The summed E-state index contributed by atoms with van der Waals surface area (Å²) in [6.07, 6.45) is 62.6. The normalized spacial score (nSPS) is 13.9. The predicted molar refractivity (Wildman–Crippen MR) is 400 cm³/mol. The van der Waals surface area contributed by atoms with E-state index in [4.69, 9.17) is 37.0 Å². The maximum atomic E-state index is 13.1. The quantitative estimate of drug-likeness (QED) is 0.0222. The van der Waals surface area contributed by atoms with Crippen molar-refractivity contribution in [2.75, 3.05) is 39.6 Å². The Kier molecular flexibility index (Phi) is 70.6. The molecular formula is C79H154O17P2. The van der Waals surface area contributed by atoms with Crippen LogP contribution in [-0.4, -0.2) is 96.7 Å². The van der Waals surface area contributed by atoms with Gasteiger partial charge in [-0.25, -0.2) is 9.13 Å². The van der Waals surface area contributed by atoms with Gasteiger partial charge < -0.3 is 33.8 Å². The number of unbranched alkanes of at least 4 members (excludes halogenated alkanes) is 51. The van der Waals surface area contributed by atoms with Crippen molar-refractivity contribution in [1.82, 2.24) is 0 Å². The Morgan fingerprint density at radius 1 is 0.276 bits per heavy atom. The molecule has 0 spiro atoms. The second kappa shape index (κ2) is 72.0. The maximum Gasteiger partial charge on any atom is 0.472 e. The highest BCUT2D eigenvalue weighted by molar-refractivity contribution is 7.47. The van der Waals surface area contributed by atoms with Crippen LogP contribution in [-0.2, 0) is 65.4 Å². The lowest BCUT2D eigenvalue weighted by Crippen LogP contribution is -2.30. The van der Waals surface area contributed by atoms with Crippen molar-refractivity contribution in [3.8, 4) is 0 Å². The Hall–Kier alpha value is -1.94. The Balaban J connectivity index is 5.16. The van der Waals surface area contributed by atoms with Gasteiger partial charge in [0.2, 0.25) is 0 Å². The SMILES string of the molecule is CCCCCCCCCCCCCCCCCCCCCCC(=O)O[C@H](COC(=O)CCCCCCCCCCCCCCCCCCC(C)C)COP(=O)(O)OC[C@@H](O)COP(=O)(O)OC[C@@H](COC(=O)CCCCCCCCC)OC(=O)CCCCCCCCCCCCCC. The molecule has 0 aliphatic carbocycles. The van der Waals surface area contributed by atoms with Gasteiger partial charge in [-0.3, -0.25) is 37.3 Å². The average Bonchev–Trinajstić information content (AvgIpc) is 1.88. The largest absolute Gasteiger partial charge is 0.472 e. The van der Waals surface area contributed by atoms with Crippen molar-refractivity contribution >= 4 is 39.5 Å². The fourth-order valence-corrected chi connectivity index (χ4v) is 13.8. The van der Waals surface area contributed by atoms with E-state index in [1.165, 1.54) is 231 Å². The third kappa shape index (κ3) is 72.4. The lowest BCUT2D eigenvalue weighted by Gasteiger charge is -2.21. The van der Waals surface area contributed by atoms with Gasteiger partial charge in [0.05, 0.1) is 26.4 Å². The highest BCUT2D eigenvalue weighted by atomic mass is 31.2. The minimum Gasteiger partial charge on any atom is -0.462 e. The Bertz CT molecular complexity index is 1870. The topological polar surface area (TPSA) is 237 Å². The van der Waals surface area contributed by atoms with Crippen LogP contribution < -0.4 is 0 Å². The zero-order valence-corrected chi connectivity index (χ0v) is 65.7. The summed E-state index contributed by atoms with van der Waals surface area (Å²) in [6.45, 7) is 7.30. The van der Waals surface area contributed by atoms with Gasteiger partial charge >= 0.3 is 39.5 Å². The Labute approximate surface area is 600 Å². The molecule has 0 aromatic carbocycles. The number of aliphatic hydroxyl groups excluding tert-OH is 1. The van der Waals surface area contributed by atoms with Crippen molar-refractivity contribution in [1.29, 1.82) is 0 Å². The first kappa shape index (κ1) is 96.1. The Morgan fingerprint density at radius 2 is 0.469 bits per heavy atom. The fourth-order valence-electron chi connectivity index (χ4n) is 12.2. The molecule has 0 heterocycles. The summed E-state index contributed by atoms with van der Waals surface area (Å²) in [5.41, 5.74) is 0. The van der Waals surface area contributed by atoms with Crippen molar-refractivity contribution in [2.45, 2.75) is 438 Å². The molecule has 0 aliphatic heterocycles. The molecule has 0 amide bonds. The maximum absolute atomic E-state index is 13.1. The van der Waals surface area contributed by atoms with Crippen molar-refractivity contribution < 1.29 is 80.2 Å². The number of ether oxygens (including phenoxy) is 4. The number of carbonyl (C=O) groups is 4. The number of hydrogen-bond donors (Lipinski definition) is 3. The summed E-state index contributed by atoms with van der Waals surface area (Å²) in [5.74, 6) is -1.30. The van der Waals surface area contributed by atoms with Crippen LogP contribution in [0.3, 0.4) is 0 Å². The minimum absolute atomic E-state index is 0.107. The van der Waals surface area contributed by atoms with Gasteiger partial charge in [0.1, 0.15) is 19.3 Å². The molecule has 582 valence electrons. The molecule has 2 unspecified atom stereocenters. The van der Waals surface area contributed by atoms with Gasteiger partial charge in [0.15, 0.2) is 12.2 Å². The van der Waals surface area contributed by atoms with E-state index in [0.717, 1.165) is 109 Å². The van der Waals surface area contributed by atoms with E-state index in [-0.39, 0.29) is 25.7 Å². The third-order valence-electron chi connectivity index (χ3n) is 18.5. The zero-order chi connectivity index (χ0) is 71.9. The van der Waals surface area contributed by atoms with Crippen LogP contribution in [0.1, 0.15) is 420 Å². The summed E-state index contributed by atoms with van der Waals surface area (Å²) >= 11 is 0. The van der Waals surface area contributed by atoms with Gasteiger partial charge in [-0.15, -0.1) is 0 Å². The van der Waals surface area contributed by atoms with E-state index < -0.39 is 97.5 Å². The van der Waals surface area contributed by atoms with Crippen LogP contribution in [0.25, 0.3) is 0 Å². The molecule has 0 aromatic heterocycles. The van der Waals surface area contributed by atoms with E-state index in [0.29, 0.717) is 25.7 Å². The first-order valence-corrected chi connectivity index (χ1v) is 44.1. The molecule has 0 aliphatic rings. The first-order chi connectivity index (χ1) is 47.5. The van der Waals surface area contributed by atoms with Gasteiger partial charge in [0, 0.05) is 25.7 Å². The number of carbonyl (C=O) groups excluding carboxylic acids is 4. The number of phosphoric acid groups is 2. The first-order valence-electron chi connectivity index (χ1n) is 41.1. The van der Waals surface area contributed by atoms with Crippen molar-refractivity contribution in [3.05, 3.63) is 0 Å². The monoisotopic (exact) mass is 1440 g/mol. The molecule has 0 rings (SSSR count). The summed E-state index contributed by atoms with van der Waals surface area (Å²) in [4.78, 5) is 72.8. The number of rotatable bonds is 79. The standard InChI is InChI=1S/C79H154O17P2/c1-6-9-12-15-18-20-22-24-25-26-27-28-29-34-37-41-45-50-55-60-65-79(84)96-75(69-90-77(82)63-58-53-48-43-40-36-33-31-30-32-35-38-42-47-51-56-61-72(4)5)71-94-98(87,88)92-67-73(80)66-91-97(85,86)93-70-74(68-89-76(81)62-57-52-46-17-14-11-8-3)95-78(83)64-59-54-49-44-39-23-21-19-16-13-10-7-2/h72-75,80H,6-71H2,1-5H3,(H,85,86)(H,87,88)/t73-,74+,75+/m0/s1. The molecule has 0 saturated heterocycles. The lowest BCUT2D eigenvalue weighted by molar-refractivity contribution is -0.161. The molecule has 17 nitrogen and oxygen atoms in total. The van der Waals surface area contributed by atoms with Crippen LogP contribution in [0.15, 0.2) is 0 Å². The summed E-state index contributed by atoms with van der Waals surface area (Å²) < 4.78 is 68.5. The van der Waals surface area contributed by atoms with Gasteiger partial charge in [-0.05, 0) is 31.6 Å². The van der Waals surface area contributed by atoms with E-state index in [1.54, 1.807) is 0 Å². The van der Waals surface area contributed by atoms with E-state index >= 15 is 0 Å². The average molecular weight is 1440 g/mol. The van der Waals surface area contributed by atoms with Crippen LogP contribution >= 0.6 is 15.6 Å². The van der Waals surface area contributed by atoms with Crippen LogP contribution in [0.4, 0.5) is 0 Å². The molecule has 0 saturated carbocycles. The number of aliphatic hydroxyl groups is 1. The van der Waals surface area contributed by atoms with Crippen LogP contribution in [0, 0.1) is 5.92 Å². The fraction of sp³-hybridized carbons (Fsp3) is 0.949. The number of hydrogen-bond acceptors (Lipinski definition) is 15. The molecule has 0 radical (unpaired) electrons. The van der Waals surface area contributed by atoms with Gasteiger partial charge in [-0.1, -0.05) is 369 Å². The molecular weight excluding hydrogens is 1280 g/mol. The van der Waals surface area contributed by atoms with Crippen LogP contribution in [0.5, 0.6) is 0 Å². The summed E-state index contributed by atoms with van der Waals surface area (Å²) in [7, 11) is -9.91. The highest BCUT2D eigenvalue weighted by Gasteiger charge is 2.30. The van der Waals surface area contributed by atoms with Crippen LogP contribution in [0.2, 0.25) is 0 Å².